The van der Waals surface area contributed by atoms with Gasteiger partial charge in [0.25, 0.3) is 0 Å². The fourth-order valence-corrected chi connectivity index (χ4v) is 2.03. The van der Waals surface area contributed by atoms with E-state index in [1.165, 1.54) is 25.1 Å². The van der Waals surface area contributed by atoms with E-state index in [4.69, 9.17) is 23.2 Å². The first-order valence-corrected chi connectivity index (χ1v) is 6.11. The SMILES string of the molecule is Cc1cc(F)c(C(=O)c2cccc(Cl)c2Cl)cc1F. The largest absolute Gasteiger partial charge is 0.288 e. The lowest BCUT2D eigenvalue weighted by molar-refractivity contribution is 0.103. The Morgan fingerprint density at radius 3 is 2.42 bits per heavy atom. The molecule has 0 fully saturated rings. The van der Waals surface area contributed by atoms with Gasteiger partial charge in [0.15, 0.2) is 5.78 Å². The minimum absolute atomic E-state index is 0.0227. The average molecular weight is 301 g/mol. The number of hydrogen-bond acceptors (Lipinski definition) is 1. The molecule has 0 aliphatic carbocycles. The van der Waals surface area contributed by atoms with Crippen molar-refractivity contribution in [2.75, 3.05) is 0 Å². The van der Waals surface area contributed by atoms with Crippen molar-refractivity contribution in [3.63, 3.8) is 0 Å². The number of benzene rings is 2. The quantitative estimate of drug-likeness (QED) is 0.727. The van der Waals surface area contributed by atoms with Crippen LogP contribution in [0.4, 0.5) is 8.78 Å². The predicted octanol–water partition coefficient (Wildman–Crippen LogP) is 4.81. The van der Waals surface area contributed by atoms with Crippen LogP contribution < -0.4 is 0 Å². The molecule has 0 spiro atoms. The van der Waals surface area contributed by atoms with Gasteiger partial charge in [0.05, 0.1) is 15.6 Å². The fourth-order valence-electron chi connectivity index (χ4n) is 1.64. The van der Waals surface area contributed by atoms with E-state index in [1.54, 1.807) is 0 Å². The Kier molecular flexibility index (Phi) is 3.88. The third kappa shape index (κ3) is 2.62. The highest BCUT2D eigenvalue weighted by Gasteiger charge is 2.19. The summed E-state index contributed by atoms with van der Waals surface area (Å²) in [6.07, 6.45) is 0. The van der Waals surface area contributed by atoms with Gasteiger partial charge in [-0.15, -0.1) is 0 Å². The topological polar surface area (TPSA) is 17.1 Å². The first kappa shape index (κ1) is 14.0. The van der Waals surface area contributed by atoms with Crippen LogP contribution in [-0.4, -0.2) is 5.78 Å². The van der Waals surface area contributed by atoms with Gasteiger partial charge in [0, 0.05) is 5.56 Å². The first-order valence-electron chi connectivity index (χ1n) is 5.36. The van der Waals surface area contributed by atoms with E-state index in [-0.39, 0.29) is 26.7 Å². The van der Waals surface area contributed by atoms with Crippen LogP contribution in [0.2, 0.25) is 10.0 Å². The molecule has 2 aromatic rings. The van der Waals surface area contributed by atoms with Crippen LogP contribution in [0.15, 0.2) is 30.3 Å². The summed E-state index contributed by atoms with van der Waals surface area (Å²) in [5, 5.41) is 0.204. The Balaban J connectivity index is 2.56. The van der Waals surface area contributed by atoms with Crippen LogP contribution in [0.1, 0.15) is 21.5 Å². The van der Waals surface area contributed by atoms with Gasteiger partial charge in [-0.1, -0.05) is 29.3 Å². The summed E-state index contributed by atoms with van der Waals surface area (Å²) >= 11 is 11.7. The molecule has 0 aliphatic heterocycles. The molecule has 5 heteroatoms. The van der Waals surface area contributed by atoms with Gasteiger partial charge in [0.1, 0.15) is 11.6 Å². The second kappa shape index (κ2) is 5.27. The van der Waals surface area contributed by atoms with Gasteiger partial charge in [-0.3, -0.25) is 4.79 Å². The molecule has 0 atom stereocenters. The molecule has 0 bridgehead atoms. The molecular weight excluding hydrogens is 293 g/mol. The Bertz CT molecular complexity index is 669. The van der Waals surface area contributed by atoms with Crippen molar-refractivity contribution >= 4 is 29.0 Å². The minimum Gasteiger partial charge on any atom is -0.288 e. The maximum atomic E-state index is 13.7. The zero-order chi connectivity index (χ0) is 14.2. The van der Waals surface area contributed by atoms with Crippen LogP contribution in [0.5, 0.6) is 0 Å². The molecule has 1 nitrogen and oxygen atoms in total. The molecule has 2 aromatic carbocycles. The number of ketones is 1. The number of carbonyl (C=O) groups is 1. The van der Waals surface area contributed by atoms with Gasteiger partial charge in [-0.2, -0.15) is 0 Å². The lowest BCUT2D eigenvalue weighted by atomic mass is 10.0. The van der Waals surface area contributed by atoms with Crippen LogP contribution in [0.25, 0.3) is 0 Å². The molecule has 2 rings (SSSR count). The van der Waals surface area contributed by atoms with E-state index in [0.29, 0.717) is 0 Å². The van der Waals surface area contributed by atoms with Crippen molar-refractivity contribution in [2.24, 2.45) is 0 Å². The molecule has 0 aliphatic rings. The monoisotopic (exact) mass is 300 g/mol. The summed E-state index contributed by atoms with van der Waals surface area (Å²) < 4.78 is 27.2. The van der Waals surface area contributed by atoms with Gasteiger partial charge in [-0.05, 0) is 36.8 Å². The molecule has 0 N–H and O–H groups in total. The molecular formula is C14H8Cl2F2O. The van der Waals surface area contributed by atoms with E-state index < -0.39 is 17.4 Å². The summed E-state index contributed by atoms with van der Waals surface area (Å²) in [5.74, 6) is -2.15. The van der Waals surface area contributed by atoms with Crippen LogP contribution in [-0.2, 0) is 0 Å². The Hall–Kier alpha value is -1.45. The zero-order valence-electron chi connectivity index (χ0n) is 9.81. The third-order valence-corrected chi connectivity index (χ3v) is 3.51. The fraction of sp³-hybridized carbons (Fsp3) is 0.0714. The van der Waals surface area contributed by atoms with Gasteiger partial charge in [-0.25, -0.2) is 8.78 Å². The van der Waals surface area contributed by atoms with Crippen molar-refractivity contribution in [1.29, 1.82) is 0 Å². The van der Waals surface area contributed by atoms with Crippen LogP contribution >= 0.6 is 23.2 Å². The van der Waals surface area contributed by atoms with Crippen molar-refractivity contribution in [2.45, 2.75) is 6.92 Å². The Morgan fingerprint density at radius 2 is 1.74 bits per heavy atom. The summed E-state index contributed by atoms with van der Waals surface area (Å²) in [6.45, 7) is 1.42. The number of hydrogen-bond donors (Lipinski definition) is 0. The molecule has 19 heavy (non-hydrogen) atoms. The van der Waals surface area contributed by atoms with E-state index in [9.17, 15) is 13.6 Å². The molecule has 0 saturated heterocycles. The smallest absolute Gasteiger partial charge is 0.197 e. The van der Waals surface area contributed by atoms with E-state index in [0.717, 1.165) is 12.1 Å². The van der Waals surface area contributed by atoms with Crippen molar-refractivity contribution < 1.29 is 13.6 Å². The summed E-state index contributed by atoms with van der Waals surface area (Å²) in [7, 11) is 0. The molecule has 0 saturated carbocycles. The predicted molar refractivity (Wildman–Crippen MR) is 71.0 cm³/mol. The second-order valence-corrected chi connectivity index (χ2v) is 4.80. The van der Waals surface area contributed by atoms with Crippen molar-refractivity contribution in [1.82, 2.24) is 0 Å². The molecule has 0 radical (unpaired) electrons. The van der Waals surface area contributed by atoms with Gasteiger partial charge >= 0.3 is 0 Å². The maximum absolute atomic E-state index is 13.7. The third-order valence-electron chi connectivity index (χ3n) is 2.69. The number of halogens is 4. The van der Waals surface area contributed by atoms with Crippen LogP contribution in [0.3, 0.4) is 0 Å². The second-order valence-electron chi connectivity index (χ2n) is 4.01. The first-order chi connectivity index (χ1) is 8.91. The highest BCUT2D eigenvalue weighted by Crippen LogP contribution is 2.28. The van der Waals surface area contributed by atoms with Crippen molar-refractivity contribution in [3.8, 4) is 0 Å². The lowest BCUT2D eigenvalue weighted by Crippen LogP contribution is -2.06. The molecule has 0 amide bonds. The molecule has 0 heterocycles. The normalized spacial score (nSPS) is 10.6. The van der Waals surface area contributed by atoms with Crippen LogP contribution in [0, 0.1) is 18.6 Å². The van der Waals surface area contributed by atoms with E-state index in [1.807, 2.05) is 0 Å². The Labute approximate surface area is 118 Å². The molecule has 98 valence electrons. The summed E-state index contributed by atoms with van der Waals surface area (Å²) in [4.78, 5) is 12.2. The highest BCUT2D eigenvalue weighted by molar-refractivity contribution is 6.44. The van der Waals surface area contributed by atoms with E-state index in [2.05, 4.69) is 0 Å². The minimum atomic E-state index is -0.792. The van der Waals surface area contributed by atoms with E-state index >= 15 is 0 Å². The number of carbonyl (C=O) groups excluding carboxylic acids is 1. The molecule has 0 unspecified atom stereocenters. The van der Waals surface area contributed by atoms with Gasteiger partial charge in [0.2, 0.25) is 0 Å². The zero-order valence-corrected chi connectivity index (χ0v) is 11.3. The number of aryl methyl sites for hydroxylation is 1. The standard InChI is InChI=1S/C14H8Cl2F2O/c1-7-5-12(18)9(6-11(7)17)14(19)8-3-2-4-10(15)13(8)16/h2-6H,1H3. The molecule has 0 aromatic heterocycles. The average Bonchev–Trinajstić information content (AvgIpc) is 2.36. The lowest BCUT2D eigenvalue weighted by Gasteiger charge is -2.07. The Morgan fingerprint density at radius 1 is 1.05 bits per heavy atom. The maximum Gasteiger partial charge on any atom is 0.197 e. The summed E-state index contributed by atoms with van der Waals surface area (Å²) in [5.41, 5.74) is -0.199. The van der Waals surface area contributed by atoms with Gasteiger partial charge < -0.3 is 0 Å². The highest BCUT2D eigenvalue weighted by atomic mass is 35.5. The number of rotatable bonds is 2. The summed E-state index contributed by atoms with van der Waals surface area (Å²) in [6, 6.07) is 6.27. The van der Waals surface area contributed by atoms with Crippen molar-refractivity contribution in [3.05, 3.63) is 68.7 Å².